The first-order valence-electron chi connectivity index (χ1n) is 12.3. The molecule has 0 spiro atoms. The van der Waals surface area contributed by atoms with Gasteiger partial charge < -0.3 is 19.7 Å². The molecule has 0 unspecified atom stereocenters. The van der Waals surface area contributed by atoms with Crippen molar-refractivity contribution in [3.8, 4) is 23.0 Å². The monoisotopic (exact) mass is 459 g/mol. The Morgan fingerprint density at radius 1 is 0.912 bits per heavy atom. The molecule has 0 radical (unpaired) electrons. The molecule has 0 amide bonds. The van der Waals surface area contributed by atoms with Crippen molar-refractivity contribution < 1.29 is 19.7 Å². The van der Waals surface area contributed by atoms with Gasteiger partial charge in [-0.1, -0.05) is 24.3 Å². The van der Waals surface area contributed by atoms with Crippen LogP contribution in [0.4, 0.5) is 0 Å². The van der Waals surface area contributed by atoms with Crippen LogP contribution in [0, 0.1) is 0 Å². The average molecular weight is 460 g/mol. The number of rotatable bonds is 7. The first kappa shape index (κ1) is 22.6. The lowest BCUT2D eigenvalue weighted by Gasteiger charge is -2.35. The molecule has 2 atom stereocenters. The Labute approximate surface area is 201 Å². The van der Waals surface area contributed by atoms with Gasteiger partial charge in [-0.25, -0.2) is 0 Å². The average Bonchev–Trinajstić information content (AvgIpc) is 3.38. The topological polar surface area (TPSA) is 62.2 Å². The van der Waals surface area contributed by atoms with Crippen LogP contribution in [-0.2, 0) is 6.42 Å². The second-order valence-corrected chi connectivity index (χ2v) is 9.40. The summed E-state index contributed by atoms with van der Waals surface area (Å²) >= 11 is 0. The van der Waals surface area contributed by atoms with Crippen LogP contribution in [0.3, 0.4) is 0 Å². The van der Waals surface area contributed by atoms with E-state index in [0.29, 0.717) is 12.4 Å². The molecule has 1 fully saturated rings. The lowest BCUT2D eigenvalue weighted by atomic mass is 9.69. The van der Waals surface area contributed by atoms with Crippen molar-refractivity contribution in [3.63, 3.8) is 0 Å². The number of methoxy groups -OCH3 is 1. The lowest BCUT2D eigenvalue weighted by molar-refractivity contribution is 0.237. The van der Waals surface area contributed by atoms with Crippen LogP contribution in [0.2, 0.25) is 0 Å². The third-order valence-electron chi connectivity index (χ3n) is 7.34. The van der Waals surface area contributed by atoms with Crippen molar-refractivity contribution in [3.05, 3.63) is 82.9 Å². The molecule has 178 valence electrons. The van der Waals surface area contributed by atoms with E-state index in [4.69, 9.17) is 9.47 Å². The van der Waals surface area contributed by atoms with Crippen LogP contribution in [0.5, 0.6) is 23.0 Å². The largest absolute Gasteiger partial charge is 0.508 e. The molecule has 5 rings (SSSR count). The van der Waals surface area contributed by atoms with Gasteiger partial charge in [0.25, 0.3) is 0 Å². The third-order valence-corrected chi connectivity index (χ3v) is 7.34. The smallest absolute Gasteiger partial charge is 0.160 e. The summed E-state index contributed by atoms with van der Waals surface area (Å²) in [5.41, 5.74) is 4.75. The quantitative estimate of drug-likeness (QED) is 0.492. The van der Waals surface area contributed by atoms with Crippen molar-refractivity contribution in [2.45, 2.75) is 37.5 Å². The maximum atomic E-state index is 10.4. The summed E-state index contributed by atoms with van der Waals surface area (Å²) in [5, 5.41) is 20.2. The van der Waals surface area contributed by atoms with E-state index in [9.17, 15) is 10.2 Å². The Bertz CT molecular complexity index is 1100. The second kappa shape index (κ2) is 9.98. The Kier molecular flexibility index (Phi) is 6.63. The number of hydrogen-bond acceptors (Lipinski definition) is 5. The van der Waals surface area contributed by atoms with Gasteiger partial charge in [0.1, 0.15) is 18.1 Å². The summed E-state index contributed by atoms with van der Waals surface area (Å²) in [6.45, 7) is 4.05. The van der Waals surface area contributed by atoms with Gasteiger partial charge in [-0.3, -0.25) is 4.90 Å². The highest BCUT2D eigenvalue weighted by Crippen LogP contribution is 2.49. The molecule has 0 saturated carbocycles. The predicted octanol–water partition coefficient (Wildman–Crippen LogP) is 5.44. The van der Waals surface area contributed by atoms with Crippen molar-refractivity contribution in [1.82, 2.24) is 4.90 Å². The van der Waals surface area contributed by atoms with Crippen LogP contribution < -0.4 is 9.47 Å². The van der Waals surface area contributed by atoms with E-state index in [1.54, 1.807) is 19.2 Å². The minimum Gasteiger partial charge on any atom is -0.508 e. The van der Waals surface area contributed by atoms with Gasteiger partial charge in [0.05, 0.1) is 7.11 Å². The van der Waals surface area contributed by atoms with Gasteiger partial charge in [-0.15, -0.1) is 0 Å². The summed E-state index contributed by atoms with van der Waals surface area (Å²) < 4.78 is 11.5. The Morgan fingerprint density at radius 3 is 2.32 bits per heavy atom. The highest BCUT2D eigenvalue weighted by atomic mass is 16.5. The number of aryl methyl sites for hydroxylation is 1. The van der Waals surface area contributed by atoms with Gasteiger partial charge in [-0.2, -0.15) is 0 Å². The molecule has 34 heavy (non-hydrogen) atoms. The van der Waals surface area contributed by atoms with Gasteiger partial charge in [-0.05, 0) is 103 Å². The lowest BCUT2D eigenvalue weighted by Crippen LogP contribution is -2.25. The summed E-state index contributed by atoms with van der Waals surface area (Å²) in [5.74, 6) is 2.22. The van der Waals surface area contributed by atoms with Crippen molar-refractivity contribution >= 4 is 0 Å². The summed E-state index contributed by atoms with van der Waals surface area (Å²) in [6.07, 6.45) is 4.43. The molecular weight excluding hydrogens is 426 g/mol. The molecule has 3 aromatic carbocycles. The maximum Gasteiger partial charge on any atom is 0.160 e. The minimum atomic E-state index is 0.112. The van der Waals surface area contributed by atoms with Crippen molar-refractivity contribution in [2.75, 3.05) is 33.4 Å². The predicted molar refractivity (Wildman–Crippen MR) is 133 cm³/mol. The van der Waals surface area contributed by atoms with E-state index in [1.807, 2.05) is 24.3 Å². The van der Waals surface area contributed by atoms with Crippen molar-refractivity contribution in [2.24, 2.45) is 0 Å². The molecule has 0 aromatic heterocycles. The van der Waals surface area contributed by atoms with Crippen LogP contribution in [0.25, 0.3) is 0 Å². The van der Waals surface area contributed by atoms with Crippen LogP contribution >= 0.6 is 0 Å². The van der Waals surface area contributed by atoms with Gasteiger partial charge in [0.15, 0.2) is 11.5 Å². The zero-order valence-electron chi connectivity index (χ0n) is 19.7. The van der Waals surface area contributed by atoms with Crippen molar-refractivity contribution in [1.29, 1.82) is 0 Å². The van der Waals surface area contributed by atoms with E-state index in [0.717, 1.165) is 30.7 Å². The first-order chi connectivity index (χ1) is 16.6. The normalized spacial score (nSPS) is 20.1. The number of fused-ring (bicyclic) bond motifs is 1. The number of nitrogens with zero attached hydrogens (tertiary/aromatic N) is 1. The van der Waals surface area contributed by atoms with E-state index in [-0.39, 0.29) is 23.3 Å². The van der Waals surface area contributed by atoms with Crippen LogP contribution in [0.15, 0.2) is 60.7 Å². The van der Waals surface area contributed by atoms with Gasteiger partial charge in [0, 0.05) is 12.5 Å². The highest BCUT2D eigenvalue weighted by molar-refractivity contribution is 5.53. The number of benzene rings is 3. The zero-order valence-corrected chi connectivity index (χ0v) is 19.7. The Balaban J connectivity index is 1.43. The van der Waals surface area contributed by atoms with Crippen LogP contribution in [0.1, 0.15) is 53.4 Å². The molecule has 1 heterocycles. The fourth-order valence-electron chi connectivity index (χ4n) is 5.55. The fraction of sp³-hybridized carbons (Fsp3) is 0.379. The maximum absolute atomic E-state index is 10.4. The number of phenolic OH excluding ortho intramolecular Hbond substituents is 2. The molecule has 0 bridgehead atoms. The summed E-state index contributed by atoms with van der Waals surface area (Å²) in [4.78, 5) is 2.46. The molecule has 1 aliphatic carbocycles. The molecule has 2 N–H and O–H groups in total. The molecule has 3 aromatic rings. The highest BCUT2D eigenvalue weighted by Gasteiger charge is 2.33. The minimum absolute atomic E-state index is 0.112. The van der Waals surface area contributed by atoms with E-state index in [1.165, 1.54) is 42.6 Å². The van der Waals surface area contributed by atoms with Gasteiger partial charge in [0.2, 0.25) is 0 Å². The number of phenols is 2. The second-order valence-electron chi connectivity index (χ2n) is 9.40. The Morgan fingerprint density at radius 2 is 1.62 bits per heavy atom. The number of ether oxygens (including phenoxy) is 2. The molecular formula is C29H33NO4. The number of aromatic hydroxyl groups is 2. The van der Waals surface area contributed by atoms with E-state index in [2.05, 4.69) is 29.2 Å². The van der Waals surface area contributed by atoms with E-state index < -0.39 is 0 Å². The van der Waals surface area contributed by atoms with E-state index >= 15 is 0 Å². The molecule has 5 nitrogen and oxygen atoms in total. The molecule has 5 heteroatoms. The summed E-state index contributed by atoms with van der Waals surface area (Å²) in [7, 11) is 1.59. The standard InChI is InChI=1S/C29H33NO4/c1-33-28-19-26-22(18-27(28)32)8-13-25(20-4-9-23(31)10-5-20)29(26)21-6-11-24(12-7-21)34-17-16-30-14-2-3-15-30/h4-7,9-12,18-19,25,29,31-32H,2-3,8,13-17H2,1H3/t25-,29+/m1/s1. The third kappa shape index (κ3) is 4.71. The summed E-state index contributed by atoms with van der Waals surface area (Å²) in [6, 6.07) is 19.9. The zero-order chi connectivity index (χ0) is 23.5. The molecule has 1 saturated heterocycles. The number of hydrogen-bond donors (Lipinski definition) is 2. The van der Waals surface area contributed by atoms with Gasteiger partial charge >= 0.3 is 0 Å². The molecule has 2 aliphatic rings. The Hall–Kier alpha value is -3.18. The first-order valence-corrected chi connectivity index (χ1v) is 12.3. The number of likely N-dealkylation sites (tertiary alicyclic amines) is 1. The molecule has 1 aliphatic heterocycles. The van der Waals surface area contributed by atoms with Crippen LogP contribution in [-0.4, -0.2) is 48.5 Å². The fourth-order valence-corrected chi connectivity index (χ4v) is 5.55. The SMILES string of the molecule is COc1cc2c(cc1O)CC[C@H](c1ccc(O)cc1)[C@@H]2c1ccc(OCCN2CCCC2)cc1.